The lowest BCUT2D eigenvalue weighted by atomic mass is 10.1. The number of hydrogen-bond donors (Lipinski definition) is 2. The summed E-state index contributed by atoms with van der Waals surface area (Å²) in [6.45, 7) is 1.37. The molecule has 0 aromatic heterocycles. The minimum atomic E-state index is -4.28. The maximum atomic E-state index is 10.9. The summed E-state index contributed by atoms with van der Waals surface area (Å²) in [7, 11) is -4.28. The number of benzene rings is 1. The molecule has 2 N–H and O–H groups in total. The average molecular weight is 215 g/mol. The van der Waals surface area contributed by atoms with Gasteiger partial charge in [0.05, 0.1) is 5.69 Å². The first-order valence-corrected chi connectivity index (χ1v) is 5.19. The number of carbonyl (C=O) groups excluding carboxylic acids is 1. The molecule has 0 fully saturated rings. The van der Waals surface area contributed by atoms with Crippen LogP contribution in [0.5, 0.6) is 0 Å². The molecular formula is C8H9NO4S. The monoisotopic (exact) mass is 215 g/mol. The third kappa shape index (κ3) is 3.15. The summed E-state index contributed by atoms with van der Waals surface area (Å²) < 4.78 is 31.2. The second-order valence-corrected chi connectivity index (χ2v) is 3.87. The molecule has 6 heteroatoms. The van der Waals surface area contributed by atoms with Crippen molar-refractivity contribution >= 4 is 21.8 Å². The first-order chi connectivity index (χ1) is 6.38. The van der Waals surface area contributed by atoms with E-state index in [1.165, 1.54) is 25.1 Å². The largest absolute Gasteiger partial charge is 0.357 e. The van der Waals surface area contributed by atoms with E-state index in [0.717, 1.165) is 0 Å². The molecule has 0 amide bonds. The molecule has 1 aromatic carbocycles. The van der Waals surface area contributed by atoms with Gasteiger partial charge in [-0.15, -0.1) is 0 Å². The predicted octanol–water partition coefficient (Wildman–Crippen LogP) is 1.10. The van der Waals surface area contributed by atoms with Gasteiger partial charge in [-0.25, -0.2) is 0 Å². The summed E-state index contributed by atoms with van der Waals surface area (Å²) in [5, 5.41) is 0. The van der Waals surface area contributed by atoms with Crippen LogP contribution >= 0.6 is 0 Å². The Labute approximate surface area is 81.6 Å². The maximum Gasteiger partial charge on any atom is 0.357 e. The van der Waals surface area contributed by atoms with Crippen molar-refractivity contribution in [2.24, 2.45) is 0 Å². The standard InChI is InChI=1S/C8H9NO4S/c1-6(10)7-3-2-4-8(5-7)9-14(11,12)13/h2-5,9H,1H3,(H,11,12,13). The molecule has 0 bridgehead atoms. The topological polar surface area (TPSA) is 83.5 Å². The van der Waals surface area contributed by atoms with Crippen LogP contribution in [0.15, 0.2) is 24.3 Å². The third-order valence-electron chi connectivity index (χ3n) is 1.52. The van der Waals surface area contributed by atoms with Crippen LogP contribution in [0, 0.1) is 0 Å². The fourth-order valence-corrected chi connectivity index (χ4v) is 1.38. The highest BCUT2D eigenvalue weighted by atomic mass is 32.2. The minimum absolute atomic E-state index is 0.153. The molecule has 0 unspecified atom stereocenters. The van der Waals surface area contributed by atoms with Crippen LogP contribution in [-0.4, -0.2) is 18.8 Å². The summed E-state index contributed by atoms with van der Waals surface area (Å²) in [6, 6.07) is 5.85. The van der Waals surface area contributed by atoms with Crippen molar-refractivity contribution in [3.8, 4) is 0 Å². The lowest BCUT2D eigenvalue weighted by Crippen LogP contribution is -2.10. The van der Waals surface area contributed by atoms with Crippen molar-refractivity contribution in [2.45, 2.75) is 6.92 Å². The Hall–Kier alpha value is -1.40. The molecule has 14 heavy (non-hydrogen) atoms. The lowest BCUT2D eigenvalue weighted by Gasteiger charge is -2.03. The zero-order valence-electron chi connectivity index (χ0n) is 7.39. The molecule has 0 atom stereocenters. The smallest absolute Gasteiger partial charge is 0.295 e. The van der Waals surface area contributed by atoms with Crippen molar-refractivity contribution in [2.75, 3.05) is 4.72 Å². The van der Waals surface area contributed by atoms with E-state index < -0.39 is 10.3 Å². The lowest BCUT2D eigenvalue weighted by molar-refractivity contribution is 0.101. The van der Waals surface area contributed by atoms with E-state index in [0.29, 0.717) is 5.56 Å². The minimum Gasteiger partial charge on any atom is -0.295 e. The quantitative estimate of drug-likeness (QED) is 0.584. The van der Waals surface area contributed by atoms with E-state index in [4.69, 9.17) is 4.55 Å². The Bertz CT molecular complexity index is 452. The van der Waals surface area contributed by atoms with E-state index in [9.17, 15) is 13.2 Å². The molecule has 0 radical (unpaired) electrons. The van der Waals surface area contributed by atoms with Crippen LogP contribution < -0.4 is 4.72 Å². The van der Waals surface area contributed by atoms with Gasteiger partial charge in [0.1, 0.15) is 0 Å². The number of ketones is 1. The first kappa shape index (κ1) is 10.7. The highest BCUT2D eigenvalue weighted by Gasteiger charge is 2.05. The van der Waals surface area contributed by atoms with E-state index in [1.54, 1.807) is 6.07 Å². The van der Waals surface area contributed by atoms with Crippen LogP contribution in [0.1, 0.15) is 17.3 Å². The highest BCUT2D eigenvalue weighted by Crippen LogP contribution is 2.11. The molecule has 0 aliphatic heterocycles. The normalized spacial score (nSPS) is 11.0. The van der Waals surface area contributed by atoms with Crippen molar-refractivity contribution in [3.05, 3.63) is 29.8 Å². The summed E-state index contributed by atoms with van der Waals surface area (Å²) >= 11 is 0. The van der Waals surface area contributed by atoms with Gasteiger partial charge in [0.15, 0.2) is 5.78 Å². The van der Waals surface area contributed by atoms with Gasteiger partial charge in [0, 0.05) is 5.56 Å². The van der Waals surface area contributed by atoms with E-state index in [-0.39, 0.29) is 11.5 Å². The van der Waals surface area contributed by atoms with Crippen LogP contribution in [-0.2, 0) is 10.3 Å². The van der Waals surface area contributed by atoms with E-state index in [1.807, 2.05) is 4.72 Å². The Balaban J connectivity index is 3.01. The second kappa shape index (κ2) is 3.77. The summed E-state index contributed by atoms with van der Waals surface area (Å²) in [5.41, 5.74) is 0.527. The van der Waals surface area contributed by atoms with E-state index in [2.05, 4.69) is 0 Å². The van der Waals surface area contributed by atoms with Crippen LogP contribution in [0.4, 0.5) is 5.69 Å². The number of nitrogens with one attached hydrogen (secondary N) is 1. The number of Topliss-reactive ketones (excluding diaryl/α,β-unsaturated/α-hetero) is 1. The number of anilines is 1. The Morgan fingerprint density at radius 1 is 1.43 bits per heavy atom. The molecule has 0 aliphatic rings. The fourth-order valence-electron chi connectivity index (χ4n) is 0.951. The van der Waals surface area contributed by atoms with Crippen molar-refractivity contribution in [3.63, 3.8) is 0 Å². The van der Waals surface area contributed by atoms with Gasteiger partial charge in [0.2, 0.25) is 0 Å². The average Bonchev–Trinajstić information content (AvgIpc) is 2.01. The molecule has 76 valence electrons. The van der Waals surface area contributed by atoms with Gasteiger partial charge in [-0.2, -0.15) is 8.42 Å². The maximum absolute atomic E-state index is 10.9. The Kier molecular flexibility index (Phi) is 2.87. The molecule has 1 aromatic rings. The van der Waals surface area contributed by atoms with Gasteiger partial charge in [-0.1, -0.05) is 12.1 Å². The number of rotatable bonds is 3. The molecule has 0 aliphatic carbocycles. The molecule has 0 saturated carbocycles. The zero-order chi connectivity index (χ0) is 10.8. The molecule has 0 saturated heterocycles. The van der Waals surface area contributed by atoms with Crippen molar-refractivity contribution in [1.29, 1.82) is 0 Å². The Morgan fingerprint density at radius 2 is 2.07 bits per heavy atom. The molecule has 0 heterocycles. The summed E-state index contributed by atoms with van der Waals surface area (Å²) in [6.07, 6.45) is 0. The number of carbonyl (C=O) groups is 1. The van der Waals surface area contributed by atoms with Gasteiger partial charge in [-0.3, -0.25) is 14.1 Å². The van der Waals surface area contributed by atoms with Gasteiger partial charge < -0.3 is 0 Å². The molecule has 5 nitrogen and oxygen atoms in total. The SMILES string of the molecule is CC(=O)c1cccc(NS(=O)(=O)O)c1. The fraction of sp³-hybridized carbons (Fsp3) is 0.125. The molecule has 1 rings (SSSR count). The van der Waals surface area contributed by atoms with Gasteiger partial charge in [-0.05, 0) is 19.1 Å². The van der Waals surface area contributed by atoms with Crippen LogP contribution in [0.3, 0.4) is 0 Å². The zero-order valence-corrected chi connectivity index (χ0v) is 8.21. The van der Waals surface area contributed by atoms with E-state index >= 15 is 0 Å². The van der Waals surface area contributed by atoms with Crippen molar-refractivity contribution in [1.82, 2.24) is 0 Å². The first-order valence-electron chi connectivity index (χ1n) is 3.75. The van der Waals surface area contributed by atoms with Gasteiger partial charge in [0.25, 0.3) is 0 Å². The predicted molar refractivity (Wildman–Crippen MR) is 51.6 cm³/mol. The number of hydrogen-bond acceptors (Lipinski definition) is 3. The van der Waals surface area contributed by atoms with Crippen LogP contribution in [0.2, 0.25) is 0 Å². The molecular weight excluding hydrogens is 206 g/mol. The van der Waals surface area contributed by atoms with Crippen molar-refractivity contribution < 1.29 is 17.8 Å². The summed E-state index contributed by atoms with van der Waals surface area (Å²) in [4.78, 5) is 10.9. The third-order valence-corrected chi connectivity index (χ3v) is 2.01. The van der Waals surface area contributed by atoms with Gasteiger partial charge >= 0.3 is 10.3 Å². The van der Waals surface area contributed by atoms with Crippen LogP contribution in [0.25, 0.3) is 0 Å². The highest BCUT2D eigenvalue weighted by molar-refractivity contribution is 7.87. The second-order valence-electron chi connectivity index (χ2n) is 2.71. The molecule has 0 spiro atoms. The Morgan fingerprint density at radius 3 is 2.57 bits per heavy atom. The summed E-state index contributed by atoms with van der Waals surface area (Å²) in [5.74, 6) is -0.177.